The Hall–Kier alpha value is -2.18. The van der Waals surface area contributed by atoms with Gasteiger partial charge in [-0.25, -0.2) is 4.98 Å². The van der Waals surface area contributed by atoms with Crippen LogP contribution in [0.4, 0.5) is 5.13 Å². The number of aromatic nitrogens is 1. The van der Waals surface area contributed by atoms with Crippen molar-refractivity contribution in [2.75, 3.05) is 12.4 Å². The molecule has 1 N–H and O–H groups in total. The lowest BCUT2D eigenvalue weighted by Crippen LogP contribution is -2.11. The molecule has 4 nitrogen and oxygen atoms in total. The van der Waals surface area contributed by atoms with Crippen LogP contribution in [-0.4, -0.2) is 18.0 Å². The first-order valence-electron chi connectivity index (χ1n) is 7.24. The summed E-state index contributed by atoms with van der Waals surface area (Å²) < 4.78 is 6.09. The summed E-state index contributed by atoms with van der Waals surface area (Å²) in [6.07, 6.45) is 0. The largest absolute Gasteiger partial charge is 0.496 e. The van der Waals surface area contributed by atoms with Crippen molar-refractivity contribution in [2.45, 2.75) is 6.92 Å². The van der Waals surface area contributed by atoms with Crippen LogP contribution in [0.2, 0.25) is 0 Å². The zero-order chi connectivity index (χ0) is 17.1. The van der Waals surface area contributed by atoms with Crippen LogP contribution in [0.1, 0.15) is 15.9 Å². The van der Waals surface area contributed by atoms with Gasteiger partial charge in [0.2, 0.25) is 0 Å². The van der Waals surface area contributed by atoms with Gasteiger partial charge in [-0.15, -0.1) is 11.3 Å². The van der Waals surface area contributed by atoms with Gasteiger partial charge >= 0.3 is 0 Å². The maximum Gasteiger partial charge on any atom is 0.257 e. The van der Waals surface area contributed by atoms with Gasteiger partial charge in [-0.2, -0.15) is 0 Å². The fraction of sp³-hybridized carbons (Fsp3) is 0.111. The van der Waals surface area contributed by atoms with Gasteiger partial charge in [-0.3, -0.25) is 10.1 Å². The monoisotopic (exact) mass is 402 g/mol. The van der Waals surface area contributed by atoms with Crippen LogP contribution in [0.15, 0.2) is 52.3 Å². The number of methoxy groups -OCH3 is 1. The van der Waals surface area contributed by atoms with E-state index in [0.29, 0.717) is 10.7 Å². The number of thiazole rings is 1. The molecule has 1 aromatic heterocycles. The Morgan fingerprint density at radius 1 is 1.25 bits per heavy atom. The molecule has 0 aliphatic heterocycles. The molecule has 0 fully saturated rings. The molecule has 0 aliphatic carbocycles. The van der Waals surface area contributed by atoms with Gasteiger partial charge in [0.25, 0.3) is 5.91 Å². The van der Waals surface area contributed by atoms with E-state index in [1.165, 1.54) is 11.3 Å². The second-order valence-electron chi connectivity index (χ2n) is 5.21. The quantitative estimate of drug-likeness (QED) is 0.656. The van der Waals surface area contributed by atoms with Crippen molar-refractivity contribution in [1.29, 1.82) is 0 Å². The van der Waals surface area contributed by atoms with Crippen LogP contribution in [0.3, 0.4) is 0 Å². The SMILES string of the molecule is COc1ccc(-c2csc(NC(=O)c3cccc(C)c3)n2)cc1Br. The summed E-state index contributed by atoms with van der Waals surface area (Å²) in [5.41, 5.74) is 3.43. The van der Waals surface area contributed by atoms with E-state index in [9.17, 15) is 4.79 Å². The van der Waals surface area contributed by atoms with Crippen molar-refractivity contribution in [3.8, 4) is 17.0 Å². The van der Waals surface area contributed by atoms with Gasteiger partial charge in [0, 0.05) is 16.5 Å². The molecule has 122 valence electrons. The molecule has 0 spiro atoms. The van der Waals surface area contributed by atoms with Gasteiger partial charge in [-0.05, 0) is 53.2 Å². The fourth-order valence-corrected chi connectivity index (χ4v) is 3.50. The maximum absolute atomic E-state index is 12.3. The molecule has 2 aromatic carbocycles. The summed E-state index contributed by atoms with van der Waals surface area (Å²) in [7, 11) is 1.63. The molecule has 0 saturated carbocycles. The third kappa shape index (κ3) is 3.66. The van der Waals surface area contributed by atoms with Crippen LogP contribution in [0.5, 0.6) is 5.75 Å². The highest BCUT2D eigenvalue weighted by atomic mass is 79.9. The summed E-state index contributed by atoms with van der Waals surface area (Å²) in [5.74, 6) is 0.609. The Bertz CT molecular complexity index is 892. The number of carbonyl (C=O) groups is 1. The lowest BCUT2D eigenvalue weighted by molar-refractivity contribution is 0.102. The molecule has 1 heterocycles. The number of carbonyl (C=O) groups excluding carboxylic acids is 1. The zero-order valence-electron chi connectivity index (χ0n) is 13.2. The molecule has 6 heteroatoms. The smallest absolute Gasteiger partial charge is 0.257 e. The van der Waals surface area contributed by atoms with Crippen LogP contribution < -0.4 is 10.1 Å². The first-order chi connectivity index (χ1) is 11.6. The average Bonchev–Trinajstić information content (AvgIpc) is 3.03. The minimum Gasteiger partial charge on any atom is -0.496 e. The van der Waals surface area contributed by atoms with Crippen LogP contribution in [0, 0.1) is 6.92 Å². The number of halogens is 1. The standard InChI is InChI=1S/C18H15BrN2O2S/c1-11-4-3-5-13(8-11)17(22)21-18-20-15(10-24-18)12-6-7-16(23-2)14(19)9-12/h3-10H,1-2H3,(H,20,21,22). The van der Waals surface area contributed by atoms with E-state index < -0.39 is 0 Å². The number of aryl methyl sites for hydroxylation is 1. The van der Waals surface area contributed by atoms with Crippen LogP contribution in [-0.2, 0) is 0 Å². The van der Waals surface area contributed by atoms with E-state index in [1.54, 1.807) is 13.2 Å². The molecule has 0 aliphatic rings. The van der Waals surface area contributed by atoms with Crippen LogP contribution >= 0.6 is 27.3 Å². The highest BCUT2D eigenvalue weighted by Crippen LogP contribution is 2.32. The summed E-state index contributed by atoms with van der Waals surface area (Å²) in [6.45, 7) is 1.96. The van der Waals surface area contributed by atoms with Gasteiger partial charge in [0.1, 0.15) is 5.75 Å². The first kappa shape index (κ1) is 16.7. The van der Waals surface area contributed by atoms with Crippen molar-refractivity contribution in [2.24, 2.45) is 0 Å². The van der Waals surface area contributed by atoms with E-state index in [2.05, 4.69) is 26.2 Å². The minimum atomic E-state index is -0.157. The number of rotatable bonds is 4. The van der Waals surface area contributed by atoms with Crippen molar-refractivity contribution >= 4 is 38.3 Å². The highest BCUT2D eigenvalue weighted by molar-refractivity contribution is 9.10. The number of anilines is 1. The number of hydrogen-bond acceptors (Lipinski definition) is 4. The Morgan fingerprint density at radius 3 is 2.79 bits per heavy atom. The number of ether oxygens (including phenoxy) is 1. The second-order valence-corrected chi connectivity index (χ2v) is 6.92. The Morgan fingerprint density at radius 2 is 2.08 bits per heavy atom. The molecule has 0 unspecified atom stereocenters. The van der Waals surface area contributed by atoms with E-state index in [4.69, 9.17) is 4.74 Å². The highest BCUT2D eigenvalue weighted by Gasteiger charge is 2.11. The Kier molecular flexibility index (Phi) is 4.97. The second kappa shape index (κ2) is 7.15. The maximum atomic E-state index is 12.3. The minimum absolute atomic E-state index is 0.157. The lowest BCUT2D eigenvalue weighted by atomic mass is 10.1. The van der Waals surface area contributed by atoms with Gasteiger partial charge in [0.05, 0.1) is 17.3 Å². The van der Waals surface area contributed by atoms with E-state index >= 15 is 0 Å². The fourth-order valence-electron chi connectivity index (χ4n) is 2.25. The third-order valence-corrected chi connectivity index (χ3v) is 4.83. The molecule has 1 amide bonds. The van der Waals surface area contributed by atoms with Crippen molar-refractivity contribution in [3.05, 3.63) is 63.4 Å². The Labute approximate surface area is 152 Å². The Balaban J connectivity index is 1.78. The molecule has 0 bridgehead atoms. The van der Waals surface area contributed by atoms with Crippen molar-refractivity contribution in [3.63, 3.8) is 0 Å². The molecular weight excluding hydrogens is 388 g/mol. The summed E-state index contributed by atoms with van der Waals surface area (Å²) in [6, 6.07) is 13.2. The topological polar surface area (TPSA) is 51.2 Å². The molecule has 3 rings (SSSR count). The molecule has 0 atom stereocenters. The van der Waals surface area contributed by atoms with Gasteiger partial charge < -0.3 is 4.74 Å². The number of amides is 1. The predicted molar refractivity (Wildman–Crippen MR) is 101 cm³/mol. The lowest BCUT2D eigenvalue weighted by Gasteiger charge is -2.04. The first-order valence-corrected chi connectivity index (χ1v) is 8.91. The normalized spacial score (nSPS) is 10.5. The summed E-state index contributed by atoms with van der Waals surface area (Å²) >= 11 is 4.87. The van der Waals surface area contributed by atoms with E-state index in [0.717, 1.165) is 27.0 Å². The third-order valence-electron chi connectivity index (χ3n) is 3.45. The molecule has 0 radical (unpaired) electrons. The van der Waals surface area contributed by atoms with E-state index in [-0.39, 0.29) is 5.91 Å². The van der Waals surface area contributed by atoms with E-state index in [1.807, 2.05) is 48.7 Å². The van der Waals surface area contributed by atoms with Crippen molar-refractivity contribution in [1.82, 2.24) is 4.98 Å². The summed E-state index contributed by atoms with van der Waals surface area (Å²) in [5, 5.41) is 5.33. The molecular formula is C18H15BrN2O2S. The number of nitrogens with zero attached hydrogens (tertiary/aromatic N) is 1. The van der Waals surface area contributed by atoms with Crippen molar-refractivity contribution < 1.29 is 9.53 Å². The number of hydrogen-bond donors (Lipinski definition) is 1. The molecule has 3 aromatic rings. The number of nitrogens with one attached hydrogen (secondary N) is 1. The van der Waals surface area contributed by atoms with Crippen LogP contribution in [0.25, 0.3) is 11.3 Å². The van der Waals surface area contributed by atoms with Gasteiger partial charge in [0.15, 0.2) is 5.13 Å². The zero-order valence-corrected chi connectivity index (χ0v) is 15.6. The molecule has 24 heavy (non-hydrogen) atoms. The molecule has 0 saturated heterocycles. The predicted octanol–water partition coefficient (Wildman–Crippen LogP) is 5.14. The summed E-state index contributed by atoms with van der Waals surface area (Å²) in [4.78, 5) is 16.8. The number of benzene rings is 2. The average molecular weight is 403 g/mol. The van der Waals surface area contributed by atoms with Gasteiger partial charge in [-0.1, -0.05) is 17.7 Å².